The van der Waals surface area contributed by atoms with Crippen LogP contribution < -0.4 is 10.2 Å². The summed E-state index contributed by atoms with van der Waals surface area (Å²) >= 11 is 0. The average Bonchev–Trinajstić information content (AvgIpc) is 2.41. The molecule has 1 aromatic rings. The van der Waals surface area contributed by atoms with Gasteiger partial charge in [-0.15, -0.1) is 0 Å². The molecule has 0 aliphatic heterocycles. The summed E-state index contributed by atoms with van der Waals surface area (Å²) < 4.78 is 10.4. The molecule has 0 radical (unpaired) electrons. The molecule has 19 heavy (non-hydrogen) atoms. The molecule has 0 saturated carbocycles. The Balaban J connectivity index is 2.07. The number of carbonyl (C=O) groups excluding carboxylic acids is 1. The van der Waals surface area contributed by atoms with Crippen molar-refractivity contribution in [1.82, 2.24) is 5.48 Å². The lowest BCUT2D eigenvalue weighted by atomic mass is 10.2. The zero-order valence-corrected chi connectivity index (χ0v) is 11.5. The molecule has 0 heterocycles. The number of nitrogens with one attached hydrogen (secondary N) is 1. The van der Waals surface area contributed by atoms with Gasteiger partial charge in [-0.1, -0.05) is 18.2 Å². The van der Waals surface area contributed by atoms with Gasteiger partial charge in [-0.05, 0) is 25.0 Å². The maximum absolute atomic E-state index is 11.4. The highest BCUT2D eigenvalue weighted by Gasteiger charge is 2.02. The first kappa shape index (κ1) is 15.5. The number of ether oxygens (including phenoxy) is 2. The lowest BCUT2D eigenvalue weighted by Crippen LogP contribution is -2.25. The SMILES string of the molecule is COCCONC(=O)CCCOc1ccccc1C. The number of aryl methyl sites for hydroxylation is 1. The number of para-hydroxylation sites is 1. The number of rotatable bonds is 9. The smallest absolute Gasteiger partial charge is 0.243 e. The molecule has 1 amide bonds. The number of hydrogen-bond donors (Lipinski definition) is 1. The summed E-state index contributed by atoms with van der Waals surface area (Å²) in [5.74, 6) is 0.712. The number of methoxy groups -OCH3 is 1. The second kappa shape index (κ2) is 9.35. The third-order valence-electron chi connectivity index (χ3n) is 2.47. The van der Waals surface area contributed by atoms with E-state index in [1.807, 2.05) is 31.2 Å². The normalized spacial score (nSPS) is 10.2. The molecule has 1 N–H and O–H groups in total. The summed E-state index contributed by atoms with van der Waals surface area (Å²) in [4.78, 5) is 16.3. The third-order valence-corrected chi connectivity index (χ3v) is 2.47. The van der Waals surface area contributed by atoms with E-state index in [-0.39, 0.29) is 5.91 Å². The fourth-order valence-corrected chi connectivity index (χ4v) is 1.44. The van der Waals surface area contributed by atoms with Crippen LogP contribution in [0.1, 0.15) is 18.4 Å². The number of carbonyl (C=O) groups is 1. The van der Waals surface area contributed by atoms with Gasteiger partial charge in [0.15, 0.2) is 0 Å². The highest BCUT2D eigenvalue weighted by atomic mass is 16.7. The van der Waals surface area contributed by atoms with Crippen molar-refractivity contribution in [3.8, 4) is 5.75 Å². The molecule has 0 bridgehead atoms. The van der Waals surface area contributed by atoms with Gasteiger partial charge < -0.3 is 9.47 Å². The van der Waals surface area contributed by atoms with E-state index in [0.717, 1.165) is 11.3 Å². The van der Waals surface area contributed by atoms with Crippen molar-refractivity contribution in [3.05, 3.63) is 29.8 Å². The Hall–Kier alpha value is -1.59. The van der Waals surface area contributed by atoms with Gasteiger partial charge in [0.05, 0.1) is 19.8 Å². The predicted molar refractivity (Wildman–Crippen MR) is 71.9 cm³/mol. The molecule has 0 unspecified atom stereocenters. The molecule has 0 aromatic heterocycles. The molecule has 0 fully saturated rings. The van der Waals surface area contributed by atoms with Gasteiger partial charge in [0, 0.05) is 13.5 Å². The molecule has 0 saturated heterocycles. The van der Waals surface area contributed by atoms with Gasteiger partial charge in [0.25, 0.3) is 0 Å². The van der Waals surface area contributed by atoms with E-state index in [1.54, 1.807) is 7.11 Å². The number of hydroxylamine groups is 1. The molecule has 106 valence electrons. The van der Waals surface area contributed by atoms with Crippen LogP contribution in [0, 0.1) is 6.92 Å². The number of amides is 1. The topological polar surface area (TPSA) is 56.8 Å². The van der Waals surface area contributed by atoms with Crippen LogP contribution in [0.25, 0.3) is 0 Å². The van der Waals surface area contributed by atoms with Crippen LogP contribution in [0.15, 0.2) is 24.3 Å². The highest BCUT2D eigenvalue weighted by Crippen LogP contribution is 2.16. The molecule has 0 atom stereocenters. The minimum Gasteiger partial charge on any atom is -0.493 e. The van der Waals surface area contributed by atoms with E-state index >= 15 is 0 Å². The van der Waals surface area contributed by atoms with Crippen LogP contribution in [0.2, 0.25) is 0 Å². The van der Waals surface area contributed by atoms with Gasteiger partial charge in [0.1, 0.15) is 5.75 Å². The minimum atomic E-state index is -0.149. The summed E-state index contributed by atoms with van der Waals surface area (Å²) in [7, 11) is 1.58. The second-order valence-corrected chi connectivity index (χ2v) is 4.08. The van der Waals surface area contributed by atoms with Crippen molar-refractivity contribution in [3.63, 3.8) is 0 Å². The monoisotopic (exact) mass is 267 g/mol. The highest BCUT2D eigenvalue weighted by molar-refractivity contribution is 5.74. The van der Waals surface area contributed by atoms with Crippen LogP contribution >= 0.6 is 0 Å². The first-order chi connectivity index (χ1) is 9.24. The second-order valence-electron chi connectivity index (χ2n) is 4.08. The molecular formula is C14H21NO4. The molecule has 0 spiro atoms. The fraction of sp³-hybridized carbons (Fsp3) is 0.500. The van der Waals surface area contributed by atoms with Crippen molar-refractivity contribution in [1.29, 1.82) is 0 Å². The molecular weight excluding hydrogens is 246 g/mol. The van der Waals surface area contributed by atoms with E-state index in [4.69, 9.17) is 14.3 Å². The van der Waals surface area contributed by atoms with E-state index in [2.05, 4.69) is 5.48 Å². The summed E-state index contributed by atoms with van der Waals surface area (Å²) in [6, 6.07) is 7.81. The zero-order chi connectivity index (χ0) is 13.9. The standard InChI is InChI=1S/C14H21NO4/c1-12-6-3-4-7-13(12)18-9-5-8-14(16)15-19-11-10-17-2/h3-4,6-7H,5,8-11H2,1-2H3,(H,15,16). The molecule has 0 aliphatic carbocycles. The zero-order valence-electron chi connectivity index (χ0n) is 11.5. The summed E-state index contributed by atoms with van der Waals surface area (Å²) in [5.41, 5.74) is 3.45. The molecule has 5 nitrogen and oxygen atoms in total. The molecule has 0 aliphatic rings. The molecule has 5 heteroatoms. The van der Waals surface area contributed by atoms with Crippen LogP contribution in [-0.4, -0.2) is 32.8 Å². The largest absolute Gasteiger partial charge is 0.493 e. The quantitative estimate of drug-likeness (QED) is 0.548. The maximum Gasteiger partial charge on any atom is 0.243 e. The Bertz CT molecular complexity index is 381. The first-order valence-electron chi connectivity index (χ1n) is 6.32. The van der Waals surface area contributed by atoms with Crippen LogP contribution in [0.3, 0.4) is 0 Å². The summed E-state index contributed by atoms with van der Waals surface area (Å²) in [5, 5.41) is 0. The third kappa shape index (κ3) is 6.79. The lowest BCUT2D eigenvalue weighted by Gasteiger charge is -2.09. The Morgan fingerprint density at radius 2 is 2.00 bits per heavy atom. The predicted octanol–water partition coefficient (Wildman–Crippen LogP) is 1.85. The molecule has 1 rings (SSSR count). The minimum absolute atomic E-state index is 0.149. The van der Waals surface area contributed by atoms with Crippen LogP contribution in [0.4, 0.5) is 0 Å². The van der Waals surface area contributed by atoms with Crippen molar-refractivity contribution in [2.24, 2.45) is 0 Å². The summed E-state index contributed by atoms with van der Waals surface area (Å²) in [6.07, 6.45) is 1.02. The Morgan fingerprint density at radius 1 is 1.21 bits per heavy atom. The van der Waals surface area contributed by atoms with E-state index in [0.29, 0.717) is 32.7 Å². The number of hydrogen-bond acceptors (Lipinski definition) is 4. The van der Waals surface area contributed by atoms with E-state index in [1.165, 1.54) is 0 Å². The van der Waals surface area contributed by atoms with Crippen molar-refractivity contribution in [2.45, 2.75) is 19.8 Å². The van der Waals surface area contributed by atoms with Gasteiger partial charge in [0.2, 0.25) is 5.91 Å². The van der Waals surface area contributed by atoms with Gasteiger partial charge in [-0.3, -0.25) is 9.63 Å². The van der Waals surface area contributed by atoms with E-state index in [9.17, 15) is 4.79 Å². The van der Waals surface area contributed by atoms with E-state index < -0.39 is 0 Å². The average molecular weight is 267 g/mol. The fourth-order valence-electron chi connectivity index (χ4n) is 1.44. The Morgan fingerprint density at radius 3 is 2.74 bits per heavy atom. The van der Waals surface area contributed by atoms with Gasteiger partial charge >= 0.3 is 0 Å². The van der Waals surface area contributed by atoms with Crippen molar-refractivity contribution >= 4 is 5.91 Å². The van der Waals surface area contributed by atoms with Crippen LogP contribution in [-0.2, 0) is 14.4 Å². The maximum atomic E-state index is 11.4. The summed E-state index contributed by atoms with van der Waals surface area (Å²) in [6.45, 7) is 3.31. The van der Waals surface area contributed by atoms with Gasteiger partial charge in [-0.25, -0.2) is 5.48 Å². The van der Waals surface area contributed by atoms with Crippen molar-refractivity contribution in [2.75, 3.05) is 26.9 Å². The first-order valence-corrected chi connectivity index (χ1v) is 6.32. The Kier molecular flexibility index (Phi) is 7.62. The number of benzene rings is 1. The molecule has 1 aromatic carbocycles. The Labute approximate surface area is 113 Å². The van der Waals surface area contributed by atoms with Crippen molar-refractivity contribution < 1.29 is 19.1 Å². The lowest BCUT2D eigenvalue weighted by molar-refractivity contribution is -0.134. The van der Waals surface area contributed by atoms with Gasteiger partial charge in [-0.2, -0.15) is 0 Å². The van der Waals surface area contributed by atoms with Crippen LogP contribution in [0.5, 0.6) is 5.75 Å².